The summed E-state index contributed by atoms with van der Waals surface area (Å²) in [6, 6.07) is 3.03. The normalized spacial score (nSPS) is 21.0. The highest BCUT2D eigenvalue weighted by atomic mass is 32.2. The summed E-state index contributed by atoms with van der Waals surface area (Å²) in [4.78, 5) is 4.02. The predicted molar refractivity (Wildman–Crippen MR) is 75.8 cm³/mol. The molecule has 1 aliphatic heterocycles. The fraction of sp³-hybridized carbons (Fsp3) is 0.615. The van der Waals surface area contributed by atoms with Crippen LogP contribution in [0.3, 0.4) is 0 Å². The molecule has 112 valence electrons. The van der Waals surface area contributed by atoms with Gasteiger partial charge in [-0.05, 0) is 38.4 Å². The van der Waals surface area contributed by atoms with E-state index in [1.54, 1.807) is 12.3 Å². The van der Waals surface area contributed by atoms with Crippen molar-refractivity contribution in [3.05, 3.63) is 23.9 Å². The monoisotopic (exact) mass is 299 g/mol. The van der Waals surface area contributed by atoms with Crippen LogP contribution < -0.4 is 10.0 Å². The van der Waals surface area contributed by atoms with Gasteiger partial charge in [0.05, 0.1) is 6.10 Å². The zero-order valence-corrected chi connectivity index (χ0v) is 12.6. The van der Waals surface area contributed by atoms with Crippen LogP contribution in [0.25, 0.3) is 0 Å². The third-order valence-electron chi connectivity index (χ3n) is 3.32. The van der Waals surface area contributed by atoms with Crippen LogP contribution in [0.4, 0.5) is 0 Å². The summed E-state index contributed by atoms with van der Waals surface area (Å²) in [7, 11) is -1.76. The van der Waals surface area contributed by atoms with Crippen LogP contribution in [0.1, 0.15) is 25.3 Å². The van der Waals surface area contributed by atoms with E-state index in [0.29, 0.717) is 13.2 Å². The molecule has 1 aromatic heterocycles. The Hall–Kier alpha value is -1.02. The number of nitrogens with one attached hydrogen (secondary N) is 2. The van der Waals surface area contributed by atoms with Gasteiger partial charge in [-0.3, -0.25) is 0 Å². The van der Waals surface area contributed by atoms with Crippen molar-refractivity contribution in [3.63, 3.8) is 0 Å². The van der Waals surface area contributed by atoms with E-state index in [1.807, 2.05) is 14.0 Å². The molecule has 0 radical (unpaired) electrons. The highest BCUT2D eigenvalue weighted by Gasteiger charge is 2.27. The Morgan fingerprint density at radius 2 is 2.30 bits per heavy atom. The lowest BCUT2D eigenvalue weighted by molar-refractivity contribution is 0.0902. The number of hydrogen-bond acceptors (Lipinski definition) is 5. The summed E-state index contributed by atoms with van der Waals surface area (Å²) in [5, 5.41) is 3.03. The molecule has 1 aliphatic rings. The van der Waals surface area contributed by atoms with E-state index in [1.165, 1.54) is 6.07 Å². The maximum atomic E-state index is 12.2. The number of ether oxygens (including phenoxy) is 1. The molecular formula is C13H21N3O3S. The number of rotatable bonds is 6. The van der Waals surface area contributed by atoms with Gasteiger partial charge < -0.3 is 10.1 Å². The Morgan fingerprint density at radius 1 is 1.50 bits per heavy atom. The van der Waals surface area contributed by atoms with Gasteiger partial charge in [-0.25, -0.2) is 18.1 Å². The highest BCUT2D eigenvalue weighted by Crippen LogP contribution is 2.17. The maximum absolute atomic E-state index is 12.2. The van der Waals surface area contributed by atoms with Crippen LogP contribution in [-0.4, -0.2) is 39.2 Å². The lowest BCUT2D eigenvalue weighted by atomic mass is 10.1. The molecule has 1 aromatic rings. The second kappa shape index (κ2) is 6.62. The average Bonchev–Trinajstić information content (AvgIpc) is 2.93. The molecule has 2 atom stereocenters. The van der Waals surface area contributed by atoms with E-state index in [0.717, 1.165) is 18.4 Å². The molecule has 0 amide bonds. The zero-order valence-electron chi connectivity index (χ0n) is 11.8. The van der Waals surface area contributed by atoms with Crippen LogP contribution >= 0.6 is 0 Å². The van der Waals surface area contributed by atoms with E-state index in [4.69, 9.17) is 4.74 Å². The van der Waals surface area contributed by atoms with E-state index in [2.05, 4.69) is 15.0 Å². The molecule has 0 bridgehead atoms. The lowest BCUT2D eigenvalue weighted by Gasteiger charge is -2.19. The number of nitrogens with zero attached hydrogens (tertiary/aromatic N) is 1. The Balaban J connectivity index is 2.05. The Bertz CT molecular complexity index is 524. The fourth-order valence-corrected chi connectivity index (χ4v) is 3.46. The van der Waals surface area contributed by atoms with Crippen LogP contribution in [0.2, 0.25) is 0 Å². The van der Waals surface area contributed by atoms with Crippen molar-refractivity contribution in [2.45, 2.75) is 43.5 Å². The van der Waals surface area contributed by atoms with Gasteiger partial charge in [0, 0.05) is 25.4 Å². The quantitative estimate of drug-likeness (QED) is 0.806. The van der Waals surface area contributed by atoms with Crippen molar-refractivity contribution in [2.75, 3.05) is 13.7 Å². The first-order valence-electron chi connectivity index (χ1n) is 6.76. The van der Waals surface area contributed by atoms with E-state index >= 15 is 0 Å². The Morgan fingerprint density at radius 3 is 2.85 bits per heavy atom. The topological polar surface area (TPSA) is 80.3 Å². The van der Waals surface area contributed by atoms with E-state index < -0.39 is 10.0 Å². The molecule has 7 heteroatoms. The number of hydrogen-bond donors (Lipinski definition) is 2. The molecule has 2 unspecified atom stereocenters. The molecule has 2 N–H and O–H groups in total. The number of sulfonamides is 1. The molecule has 1 fully saturated rings. The molecule has 6 nitrogen and oxygen atoms in total. The zero-order chi connectivity index (χ0) is 14.6. The largest absolute Gasteiger partial charge is 0.377 e. The van der Waals surface area contributed by atoms with Gasteiger partial charge in [-0.2, -0.15) is 0 Å². The second-order valence-electron chi connectivity index (χ2n) is 5.00. The summed E-state index contributed by atoms with van der Waals surface area (Å²) in [6.45, 7) is 3.18. The van der Waals surface area contributed by atoms with Crippen LogP contribution in [0.5, 0.6) is 0 Å². The van der Waals surface area contributed by atoms with E-state index in [9.17, 15) is 8.42 Å². The molecule has 2 heterocycles. The molecule has 0 aromatic carbocycles. The summed E-state index contributed by atoms with van der Waals surface area (Å²) < 4.78 is 32.6. The Labute approximate surface area is 120 Å². The molecule has 1 saturated heterocycles. The molecule has 0 aliphatic carbocycles. The second-order valence-corrected chi connectivity index (χ2v) is 6.66. The standard InChI is InChI=1S/C13H21N3O3S/c1-10(12-4-3-7-19-12)16-20(17,18)13-6-5-11(8-14-2)9-15-13/h5-6,9-10,12,14,16H,3-4,7-8H2,1-2H3. The predicted octanol–water partition coefficient (Wildman–Crippen LogP) is 0.647. The van der Waals surface area contributed by atoms with Crippen molar-refractivity contribution in [1.82, 2.24) is 15.0 Å². The van der Waals surface area contributed by atoms with E-state index in [-0.39, 0.29) is 17.2 Å². The number of aromatic nitrogens is 1. The third-order valence-corrected chi connectivity index (χ3v) is 4.79. The van der Waals surface area contributed by atoms with Crippen molar-refractivity contribution < 1.29 is 13.2 Å². The first kappa shape index (κ1) is 15.4. The molecular weight excluding hydrogens is 278 g/mol. The van der Waals surface area contributed by atoms with Crippen molar-refractivity contribution in [3.8, 4) is 0 Å². The first-order valence-corrected chi connectivity index (χ1v) is 8.25. The summed E-state index contributed by atoms with van der Waals surface area (Å²) in [5.74, 6) is 0. The van der Waals surface area contributed by atoms with Crippen LogP contribution in [0, 0.1) is 0 Å². The van der Waals surface area contributed by atoms with Gasteiger partial charge in [0.2, 0.25) is 0 Å². The fourth-order valence-electron chi connectivity index (χ4n) is 2.26. The minimum Gasteiger partial charge on any atom is -0.377 e. The molecule has 2 rings (SSSR count). The van der Waals surface area contributed by atoms with Gasteiger partial charge >= 0.3 is 0 Å². The van der Waals surface area contributed by atoms with Crippen LogP contribution in [-0.2, 0) is 21.3 Å². The maximum Gasteiger partial charge on any atom is 0.258 e. The Kier molecular flexibility index (Phi) is 5.09. The molecule has 20 heavy (non-hydrogen) atoms. The summed E-state index contributed by atoms with van der Waals surface area (Å²) >= 11 is 0. The average molecular weight is 299 g/mol. The highest BCUT2D eigenvalue weighted by molar-refractivity contribution is 7.89. The summed E-state index contributed by atoms with van der Waals surface area (Å²) in [6.07, 6.45) is 3.39. The minimum atomic E-state index is -3.59. The van der Waals surface area contributed by atoms with Gasteiger partial charge in [0.25, 0.3) is 10.0 Å². The van der Waals surface area contributed by atoms with Crippen molar-refractivity contribution >= 4 is 10.0 Å². The number of pyridine rings is 1. The van der Waals surface area contributed by atoms with Gasteiger partial charge in [0.1, 0.15) is 0 Å². The van der Waals surface area contributed by atoms with Crippen molar-refractivity contribution in [1.29, 1.82) is 0 Å². The lowest BCUT2D eigenvalue weighted by Crippen LogP contribution is -2.41. The van der Waals surface area contributed by atoms with Crippen LogP contribution in [0.15, 0.2) is 23.4 Å². The summed E-state index contributed by atoms with van der Waals surface area (Å²) in [5.41, 5.74) is 0.943. The van der Waals surface area contributed by atoms with Gasteiger partial charge in [0.15, 0.2) is 5.03 Å². The third kappa shape index (κ3) is 3.76. The van der Waals surface area contributed by atoms with Gasteiger partial charge in [-0.1, -0.05) is 6.07 Å². The first-order chi connectivity index (χ1) is 9.53. The van der Waals surface area contributed by atoms with Crippen molar-refractivity contribution in [2.24, 2.45) is 0 Å². The minimum absolute atomic E-state index is 0.0437. The van der Waals surface area contributed by atoms with Gasteiger partial charge in [-0.15, -0.1) is 0 Å². The molecule has 0 saturated carbocycles. The molecule has 0 spiro atoms. The SMILES string of the molecule is CNCc1ccc(S(=O)(=O)NC(C)C2CCCO2)nc1. The smallest absolute Gasteiger partial charge is 0.258 e.